The average Bonchev–Trinajstić information content (AvgIpc) is 2.85. The normalized spacial score (nSPS) is 14.7. The van der Waals surface area contributed by atoms with Gasteiger partial charge in [0.05, 0.1) is 14.2 Å². The Morgan fingerprint density at radius 3 is 2.24 bits per heavy atom. The van der Waals surface area contributed by atoms with E-state index in [1.807, 2.05) is 6.07 Å². The van der Waals surface area contributed by atoms with Crippen LogP contribution in [0.1, 0.15) is 43.4 Å². The van der Waals surface area contributed by atoms with Gasteiger partial charge >= 0.3 is 0 Å². The number of piperidine rings is 1. The van der Waals surface area contributed by atoms with Crippen LogP contribution < -0.4 is 14.8 Å². The molecule has 1 aliphatic rings. The molecule has 0 atom stereocenters. The van der Waals surface area contributed by atoms with Crippen molar-refractivity contribution in [2.45, 2.75) is 52.0 Å². The van der Waals surface area contributed by atoms with Gasteiger partial charge in [-0.25, -0.2) is 0 Å². The lowest BCUT2D eigenvalue weighted by Gasteiger charge is -2.39. The molecule has 0 aliphatic carbocycles. The van der Waals surface area contributed by atoms with Gasteiger partial charge in [-0.2, -0.15) is 0 Å². The second-order valence-corrected chi connectivity index (χ2v) is 9.14. The molecule has 0 amide bonds. The molecule has 1 saturated heterocycles. The van der Waals surface area contributed by atoms with E-state index in [2.05, 4.69) is 66.3 Å². The number of ether oxygens (including phenoxy) is 2. The SMILES string of the molecule is CCc1cccc(CC)c1NC(=S)N(CCc1ccc(OC)c(OC)c1)C1CCN(C)CC1. The maximum absolute atomic E-state index is 6.04. The van der Waals surface area contributed by atoms with E-state index in [9.17, 15) is 0 Å². The number of benzene rings is 2. The van der Waals surface area contributed by atoms with Crippen LogP contribution in [0.2, 0.25) is 0 Å². The number of anilines is 1. The van der Waals surface area contributed by atoms with Crippen molar-refractivity contribution in [3.8, 4) is 11.5 Å². The Morgan fingerprint density at radius 2 is 1.67 bits per heavy atom. The van der Waals surface area contributed by atoms with E-state index in [-0.39, 0.29) is 0 Å². The Bertz CT molecular complexity index is 903. The summed E-state index contributed by atoms with van der Waals surface area (Å²) >= 11 is 6.04. The lowest BCUT2D eigenvalue weighted by molar-refractivity contribution is 0.178. The van der Waals surface area contributed by atoms with Gasteiger partial charge in [0.2, 0.25) is 0 Å². The van der Waals surface area contributed by atoms with Crippen LogP contribution in [0.15, 0.2) is 36.4 Å². The summed E-state index contributed by atoms with van der Waals surface area (Å²) in [6.45, 7) is 7.48. The minimum absolute atomic E-state index is 0.445. The Hall–Kier alpha value is -2.31. The quantitative estimate of drug-likeness (QED) is 0.511. The summed E-state index contributed by atoms with van der Waals surface area (Å²) < 4.78 is 10.9. The maximum Gasteiger partial charge on any atom is 0.173 e. The van der Waals surface area contributed by atoms with Crippen LogP contribution in [0.4, 0.5) is 5.69 Å². The summed E-state index contributed by atoms with van der Waals surface area (Å²) in [5, 5.41) is 4.50. The highest BCUT2D eigenvalue weighted by Crippen LogP contribution is 2.29. The van der Waals surface area contributed by atoms with Crippen LogP contribution in [0.25, 0.3) is 0 Å². The molecule has 1 N–H and O–H groups in total. The van der Waals surface area contributed by atoms with Crippen molar-refractivity contribution >= 4 is 23.0 Å². The fraction of sp³-hybridized carbons (Fsp3) is 0.519. The first-order valence-corrected chi connectivity index (χ1v) is 12.5. The third-order valence-corrected chi connectivity index (χ3v) is 7.05. The Balaban J connectivity index is 1.81. The predicted octanol–water partition coefficient (Wildman–Crippen LogP) is 5.16. The van der Waals surface area contributed by atoms with Crippen molar-refractivity contribution in [2.24, 2.45) is 0 Å². The highest BCUT2D eigenvalue weighted by Gasteiger charge is 2.25. The first kappa shape index (κ1) is 25.3. The van der Waals surface area contributed by atoms with Crippen molar-refractivity contribution in [3.05, 3.63) is 53.1 Å². The molecule has 1 heterocycles. The highest BCUT2D eigenvalue weighted by molar-refractivity contribution is 7.80. The largest absolute Gasteiger partial charge is 0.493 e. The summed E-state index contributed by atoms with van der Waals surface area (Å²) in [5.41, 5.74) is 5.05. The molecule has 0 bridgehead atoms. The lowest BCUT2D eigenvalue weighted by Crippen LogP contribution is -2.48. The van der Waals surface area contributed by atoms with E-state index in [0.717, 1.165) is 68.3 Å². The Morgan fingerprint density at radius 1 is 1.03 bits per heavy atom. The predicted molar refractivity (Wildman–Crippen MR) is 142 cm³/mol. The molecule has 2 aromatic carbocycles. The first-order valence-electron chi connectivity index (χ1n) is 12.1. The molecule has 5 nitrogen and oxygen atoms in total. The molecule has 1 fully saturated rings. The van der Waals surface area contributed by atoms with Gasteiger partial charge in [-0.05, 0) is 93.3 Å². The van der Waals surface area contributed by atoms with E-state index in [1.54, 1.807) is 14.2 Å². The summed E-state index contributed by atoms with van der Waals surface area (Å²) in [6.07, 6.45) is 5.11. The highest BCUT2D eigenvalue weighted by atomic mass is 32.1. The number of para-hydroxylation sites is 1. The Kier molecular flexibility index (Phi) is 9.39. The summed E-state index contributed by atoms with van der Waals surface area (Å²) in [5.74, 6) is 1.53. The molecule has 6 heteroatoms. The van der Waals surface area contributed by atoms with Crippen molar-refractivity contribution in [1.29, 1.82) is 0 Å². The fourth-order valence-corrected chi connectivity index (χ4v) is 4.97. The van der Waals surface area contributed by atoms with Gasteiger partial charge in [-0.15, -0.1) is 0 Å². The third kappa shape index (κ3) is 6.39. The average molecular weight is 470 g/mol. The molecule has 180 valence electrons. The molecule has 1 aliphatic heterocycles. The van der Waals surface area contributed by atoms with Gasteiger partial charge in [0.15, 0.2) is 16.6 Å². The summed E-state index contributed by atoms with van der Waals surface area (Å²) in [4.78, 5) is 4.83. The number of rotatable bonds is 9. The molecule has 3 rings (SSSR count). The van der Waals surface area contributed by atoms with Gasteiger partial charge in [0, 0.05) is 18.3 Å². The van der Waals surface area contributed by atoms with E-state index < -0.39 is 0 Å². The summed E-state index contributed by atoms with van der Waals surface area (Å²) in [6, 6.07) is 13.2. The second-order valence-electron chi connectivity index (χ2n) is 8.76. The number of nitrogens with zero attached hydrogens (tertiary/aromatic N) is 2. The van der Waals surface area contributed by atoms with Gasteiger partial charge < -0.3 is 24.6 Å². The van der Waals surface area contributed by atoms with Crippen molar-refractivity contribution in [2.75, 3.05) is 46.2 Å². The second kappa shape index (κ2) is 12.2. The van der Waals surface area contributed by atoms with E-state index in [4.69, 9.17) is 21.7 Å². The molecule has 33 heavy (non-hydrogen) atoms. The number of hydrogen-bond donors (Lipinski definition) is 1. The van der Waals surface area contributed by atoms with Gasteiger partial charge in [-0.1, -0.05) is 38.1 Å². The number of aryl methyl sites for hydroxylation is 2. The molecular weight excluding hydrogens is 430 g/mol. The first-order chi connectivity index (χ1) is 16.0. The molecule has 0 unspecified atom stereocenters. The number of hydrogen-bond acceptors (Lipinski definition) is 4. The minimum atomic E-state index is 0.445. The van der Waals surface area contributed by atoms with Crippen molar-refractivity contribution < 1.29 is 9.47 Å². The molecule has 0 aromatic heterocycles. The van der Waals surface area contributed by atoms with Crippen LogP contribution in [0, 0.1) is 0 Å². The summed E-state index contributed by atoms with van der Waals surface area (Å²) in [7, 11) is 5.55. The zero-order chi connectivity index (χ0) is 23.8. The number of methoxy groups -OCH3 is 2. The van der Waals surface area contributed by atoms with E-state index in [0.29, 0.717) is 6.04 Å². The van der Waals surface area contributed by atoms with Gasteiger partial charge in [-0.3, -0.25) is 0 Å². The fourth-order valence-electron chi connectivity index (χ4n) is 4.62. The zero-order valence-electron chi connectivity index (χ0n) is 20.8. The molecule has 0 radical (unpaired) electrons. The van der Waals surface area contributed by atoms with Gasteiger partial charge in [0.25, 0.3) is 0 Å². The zero-order valence-corrected chi connectivity index (χ0v) is 21.6. The number of thiocarbonyl (C=S) groups is 1. The molecule has 0 spiro atoms. The third-order valence-electron chi connectivity index (χ3n) is 6.71. The van der Waals surface area contributed by atoms with E-state index in [1.165, 1.54) is 22.4 Å². The van der Waals surface area contributed by atoms with Crippen LogP contribution in [-0.4, -0.2) is 61.9 Å². The number of nitrogens with one attached hydrogen (secondary N) is 1. The van der Waals surface area contributed by atoms with Crippen LogP contribution >= 0.6 is 12.2 Å². The molecular formula is C27H39N3O2S. The molecule has 0 saturated carbocycles. The minimum Gasteiger partial charge on any atom is -0.493 e. The van der Waals surface area contributed by atoms with Crippen LogP contribution in [0.3, 0.4) is 0 Å². The standard InChI is InChI=1S/C27H39N3O2S/c1-6-21-9-8-10-22(7-2)26(21)28-27(33)30(23-14-16-29(3)17-15-23)18-13-20-11-12-24(31-4)25(19-20)32-5/h8-12,19,23H,6-7,13-18H2,1-5H3,(H,28,33). The smallest absolute Gasteiger partial charge is 0.173 e. The van der Waals surface area contributed by atoms with Crippen LogP contribution in [0.5, 0.6) is 11.5 Å². The topological polar surface area (TPSA) is 37.0 Å². The van der Waals surface area contributed by atoms with Gasteiger partial charge in [0.1, 0.15) is 0 Å². The maximum atomic E-state index is 6.04. The van der Waals surface area contributed by atoms with Crippen molar-refractivity contribution in [3.63, 3.8) is 0 Å². The van der Waals surface area contributed by atoms with Crippen LogP contribution in [-0.2, 0) is 19.3 Å². The lowest BCUT2D eigenvalue weighted by atomic mass is 10.0. The van der Waals surface area contributed by atoms with Crippen molar-refractivity contribution in [1.82, 2.24) is 9.80 Å². The van der Waals surface area contributed by atoms with E-state index >= 15 is 0 Å². The Labute approximate surface area is 205 Å². The number of likely N-dealkylation sites (tertiary alicyclic amines) is 1. The molecule has 2 aromatic rings. The monoisotopic (exact) mass is 469 g/mol.